The Balaban J connectivity index is 2.53. The molecule has 0 saturated carbocycles. The summed E-state index contributed by atoms with van der Waals surface area (Å²) in [6.45, 7) is 1.60. The Morgan fingerprint density at radius 3 is 2.50 bits per heavy atom. The van der Waals surface area contributed by atoms with Crippen molar-refractivity contribution in [1.82, 2.24) is 5.32 Å². The fourth-order valence-corrected chi connectivity index (χ4v) is 2.26. The van der Waals surface area contributed by atoms with Crippen LogP contribution in [-0.4, -0.2) is 17.8 Å². The summed E-state index contributed by atoms with van der Waals surface area (Å²) in [6.07, 6.45) is 0. The van der Waals surface area contributed by atoms with E-state index in [9.17, 15) is 9.18 Å². The lowest BCUT2D eigenvalue weighted by Crippen LogP contribution is -2.34. The molecule has 100 valence electrons. The highest BCUT2D eigenvalue weighted by Gasteiger charge is 2.40. The van der Waals surface area contributed by atoms with Gasteiger partial charge < -0.3 is 5.32 Å². The van der Waals surface area contributed by atoms with Crippen molar-refractivity contribution >= 4 is 11.7 Å². The molecule has 1 aromatic rings. The Hall–Kier alpha value is -2.73. The van der Waals surface area contributed by atoms with Crippen molar-refractivity contribution < 1.29 is 9.18 Å². The van der Waals surface area contributed by atoms with Crippen LogP contribution < -0.4 is 5.32 Å². The fraction of sp³-hybridized carbons (Fsp3) is 0.286. The number of nitrogens with zero attached hydrogens (tertiary/aromatic N) is 3. The number of hydrogen-bond donors (Lipinski definition) is 1. The predicted molar refractivity (Wildman–Crippen MR) is 68.9 cm³/mol. The molecule has 6 heteroatoms. The Labute approximate surface area is 115 Å². The lowest BCUT2D eigenvalue weighted by atomic mass is 9.81. The quantitative estimate of drug-likeness (QED) is 0.902. The minimum Gasteiger partial charge on any atom is -0.313 e. The molecule has 1 amide bonds. The first-order valence-corrected chi connectivity index (χ1v) is 5.97. The first-order valence-electron chi connectivity index (χ1n) is 5.97. The summed E-state index contributed by atoms with van der Waals surface area (Å²) in [7, 11) is 0. The Morgan fingerprint density at radius 1 is 1.35 bits per heavy atom. The minimum absolute atomic E-state index is 0.152. The van der Waals surface area contributed by atoms with Crippen LogP contribution in [0.5, 0.6) is 0 Å². The summed E-state index contributed by atoms with van der Waals surface area (Å²) in [4.78, 5) is 16.0. The molecular weight excluding hydrogens is 259 g/mol. The fourth-order valence-electron chi connectivity index (χ4n) is 2.26. The molecule has 1 aliphatic heterocycles. The van der Waals surface area contributed by atoms with Gasteiger partial charge in [-0.15, -0.1) is 0 Å². The average Bonchev–Trinajstić information content (AvgIpc) is 2.76. The number of nitrogens with one attached hydrogen (secondary N) is 1. The lowest BCUT2D eigenvalue weighted by Gasteiger charge is -2.21. The normalized spacial score (nSPS) is 18.9. The first kappa shape index (κ1) is 13.7. The molecule has 0 aromatic heterocycles. The maximum absolute atomic E-state index is 14.0. The second-order valence-corrected chi connectivity index (χ2v) is 4.43. The topological polar surface area (TPSA) is 89.0 Å². The van der Waals surface area contributed by atoms with Gasteiger partial charge in [0.25, 0.3) is 5.91 Å². The molecule has 2 rings (SSSR count). The van der Waals surface area contributed by atoms with Crippen molar-refractivity contribution in [3.63, 3.8) is 0 Å². The van der Waals surface area contributed by atoms with Gasteiger partial charge in [-0.2, -0.15) is 10.5 Å². The summed E-state index contributed by atoms with van der Waals surface area (Å²) in [6, 6.07) is 8.47. The first-order chi connectivity index (χ1) is 9.58. The number of halogens is 1. The number of hydrogen-bond acceptors (Lipinski definition) is 4. The van der Waals surface area contributed by atoms with Crippen LogP contribution in [0.4, 0.5) is 4.39 Å². The molecule has 0 spiro atoms. The van der Waals surface area contributed by atoms with Gasteiger partial charge in [0, 0.05) is 5.92 Å². The van der Waals surface area contributed by atoms with E-state index in [4.69, 9.17) is 10.5 Å². The highest BCUT2D eigenvalue weighted by Crippen LogP contribution is 2.33. The third-order valence-electron chi connectivity index (χ3n) is 3.15. The van der Waals surface area contributed by atoms with Crippen LogP contribution in [0.15, 0.2) is 29.3 Å². The minimum atomic E-state index is -1.16. The molecule has 2 atom stereocenters. The molecule has 0 radical (unpaired) electrons. The molecule has 5 nitrogen and oxygen atoms in total. The van der Waals surface area contributed by atoms with Crippen LogP contribution >= 0.6 is 0 Å². The molecule has 1 aliphatic rings. The Kier molecular flexibility index (Phi) is 3.76. The van der Waals surface area contributed by atoms with Gasteiger partial charge in [0.05, 0.1) is 12.1 Å². The molecule has 0 aliphatic carbocycles. The predicted octanol–water partition coefficient (Wildman–Crippen LogP) is 1.49. The summed E-state index contributed by atoms with van der Waals surface area (Å²) in [5, 5.41) is 20.7. The summed E-state index contributed by atoms with van der Waals surface area (Å²) < 4.78 is 14.0. The van der Waals surface area contributed by atoms with Crippen LogP contribution in [0, 0.1) is 34.4 Å². The summed E-state index contributed by atoms with van der Waals surface area (Å²) in [5.74, 6) is -2.66. The van der Waals surface area contributed by atoms with Gasteiger partial charge in [0.1, 0.15) is 23.6 Å². The molecule has 0 fully saturated rings. The van der Waals surface area contributed by atoms with Crippen molar-refractivity contribution in [2.45, 2.75) is 18.9 Å². The smallest absolute Gasteiger partial charge is 0.250 e. The second-order valence-electron chi connectivity index (χ2n) is 4.43. The highest BCUT2D eigenvalue weighted by atomic mass is 19.1. The van der Waals surface area contributed by atoms with Gasteiger partial charge in [-0.05, 0) is 18.6 Å². The molecule has 2 unspecified atom stereocenters. The van der Waals surface area contributed by atoms with Crippen molar-refractivity contribution in [3.05, 3.63) is 35.6 Å². The highest BCUT2D eigenvalue weighted by molar-refractivity contribution is 6.05. The number of rotatable bonds is 3. The molecule has 1 heterocycles. The van der Waals surface area contributed by atoms with E-state index in [0.29, 0.717) is 5.84 Å². The number of carbonyl (C=O) groups excluding carboxylic acids is 1. The SMILES string of the molecule is CC1=NC(C(c2ccccc2F)C(C#N)C#N)C(=O)N1. The van der Waals surface area contributed by atoms with E-state index >= 15 is 0 Å². The number of carbonyl (C=O) groups is 1. The monoisotopic (exact) mass is 270 g/mol. The maximum Gasteiger partial charge on any atom is 0.250 e. The van der Waals surface area contributed by atoms with Crippen LogP contribution in [0.25, 0.3) is 0 Å². The zero-order valence-electron chi connectivity index (χ0n) is 10.7. The van der Waals surface area contributed by atoms with Gasteiger partial charge in [0.2, 0.25) is 0 Å². The van der Waals surface area contributed by atoms with Crippen LogP contribution in [0.3, 0.4) is 0 Å². The Morgan fingerprint density at radius 2 is 2.00 bits per heavy atom. The largest absolute Gasteiger partial charge is 0.313 e. The number of nitriles is 2. The van der Waals surface area contributed by atoms with E-state index in [1.165, 1.54) is 18.2 Å². The standard InChI is InChI=1S/C14H11FN4O/c1-8-18-13(14(20)19-8)12(9(6-16)7-17)10-4-2-3-5-11(10)15/h2-5,9,12-13H,1H3,(H,18,19,20). The third kappa shape index (κ3) is 2.36. The molecule has 0 saturated heterocycles. The zero-order chi connectivity index (χ0) is 14.7. The van der Waals surface area contributed by atoms with Gasteiger partial charge in [-0.3, -0.25) is 9.79 Å². The molecule has 20 heavy (non-hydrogen) atoms. The average molecular weight is 270 g/mol. The molecular formula is C14H11FN4O. The maximum atomic E-state index is 14.0. The number of amides is 1. The van der Waals surface area contributed by atoms with Crippen molar-refractivity contribution in [1.29, 1.82) is 10.5 Å². The van der Waals surface area contributed by atoms with Gasteiger partial charge in [0.15, 0.2) is 0 Å². The van der Waals surface area contributed by atoms with Crippen LogP contribution in [0.1, 0.15) is 18.4 Å². The summed E-state index contributed by atoms with van der Waals surface area (Å²) in [5.41, 5.74) is 0.152. The van der Waals surface area contributed by atoms with Crippen molar-refractivity contribution in [3.8, 4) is 12.1 Å². The van der Waals surface area contributed by atoms with Crippen molar-refractivity contribution in [2.75, 3.05) is 0 Å². The Bertz CT molecular complexity index is 642. The van der Waals surface area contributed by atoms with E-state index < -0.39 is 29.6 Å². The molecule has 1 aromatic carbocycles. The second kappa shape index (κ2) is 5.50. The molecule has 1 N–H and O–H groups in total. The third-order valence-corrected chi connectivity index (χ3v) is 3.15. The van der Waals surface area contributed by atoms with E-state index in [0.717, 1.165) is 0 Å². The number of benzene rings is 1. The van der Waals surface area contributed by atoms with Gasteiger partial charge in [-0.1, -0.05) is 18.2 Å². The van der Waals surface area contributed by atoms with E-state index in [1.807, 2.05) is 12.1 Å². The van der Waals surface area contributed by atoms with Crippen LogP contribution in [0.2, 0.25) is 0 Å². The van der Waals surface area contributed by atoms with Gasteiger partial charge >= 0.3 is 0 Å². The molecule has 0 bridgehead atoms. The van der Waals surface area contributed by atoms with E-state index in [-0.39, 0.29) is 5.56 Å². The van der Waals surface area contributed by atoms with Gasteiger partial charge in [-0.25, -0.2) is 4.39 Å². The van der Waals surface area contributed by atoms with Crippen molar-refractivity contribution in [2.24, 2.45) is 10.9 Å². The lowest BCUT2D eigenvalue weighted by molar-refractivity contribution is -0.120. The number of amidine groups is 1. The number of aliphatic imine (C=N–C) groups is 1. The van der Waals surface area contributed by atoms with E-state index in [2.05, 4.69) is 10.3 Å². The van der Waals surface area contributed by atoms with E-state index in [1.54, 1.807) is 13.0 Å². The summed E-state index contributed by atoms with van der Waals surface area (Å²) >= 11 is 0. The van der Waals surface area contributed by atoms with Crippen LogP contribution in [-0.2, 0) is 4.79 Å². The zero-order valence-corrected chi connectivity index (χ0v) is 10.7.